The molecular weight excluding hydrogens is 245 g/mol. The van der Waals surface area contributed by atoms with Crippen LogP contribution in [0.25, 0.3) is 0 Å². The third-order valence-corrected chi connectivity index (χ3v) is 3.90. The van der Waals surface area contributed by atoms with E-state index in [0.717, 1.165) is 23.1 Å². The van der Waals surface area contributed by atoms with Gasteiger partial charge in [0.05, 0.1) is 0 Å². The highest BCUT2D eigenvalue weighted by Gasteiger charge is 2.33. The number of halogens is 3. The third-order valence-electron chi connectivity index (χ3n) is 3.07. The van der Waals surface area contributed by atoms with Crippen molar-refractivity contribution >= 4 is 11.8 Å². The standard InChI is InChI=1S/C13H13F3S/c1-8(2)10-6-9-4-3-5-12(11(9)7-10)17-13(14,15)16/h3-5,10H,1,6-7H2,2H3. The van der Waals surface area contributed by atoms with Crippen molar-refractivity contribution in [3.8, 4) is 0 Å². The average molecular weight is 258 g/mol. The van der Waals surface area contributed by atoms with Crippen LogP contribution in [0.1, 0.15) is 18.1 Å². The summed E-state index contributed by atoms with van der Waals surface area (Å²) in [5.41, 5.74) is -1.28. The molecule has 0 aromatic heterocycles. The van der Waals surface area contributed by atoms with E-state index >= 15 is 0 Å². The molecule has 0 saturated heterocycles. The number of thioether (sulfide) groups is 1. The second kappa shape index (κ2) is 4.41. The fraction of sp³-hybridized carbons (Fsp3) is 0.385. The first kappa shape index (κ1) is 12.6. The first-order valence-electron chi connectivity index (χ1n) is 5.39. The first-order valence-corrected chi connectivity index (χ1v) is 6.20. The van der Waals surface area contributed by atoms with Gasteiger partial charge in [0, 0.05) is 4.90 Å². The van der Waals surface area contributed by atoms with E-state index in [0.29, 0.717) is 17.2 Å². The van der Waals surface area contributed by atoms with Gasteiger partial charge in [0.1, 0.15) is 0 Å². The van der Waals surface area contributed by atoms with Crippen LogP contribution >= 0.6 is 11.8 Å². The van der Waals surface area contributed by atoms with Crippen LogP contribution in [-0.4, -0.2) is 5.51 Å². The highest BCUT2D eigenvalue weighted by atomic mass is 32.2. The Morgan fingerprint density at radius 3 is 2.65 bits per heavy atom. The van der Waals surface area contributed by atoms with E-state index in [4.69, 9.17) is 0 Å². The number of fused-ring (bicyclic) bond motifs is 1. The Bertz CT molecular complexity index is 448. The SMILES string of the molecule is C=C(C)C1Cc2cccc(SC(F)(F)F)c2C1. The minimum atomic E-state index is -4.21. The maximum Gasteiger partial charge on any atom is 0.446 e. The predicted octanol–water partition coefficient (Wildman–Crippen LogP) is 4.59. The molecule has 0 fully saturated rings. The van der Waals surface area contributed by atoms with Crippen molar-refractivity contribution in [2.75, 3.05) is 0 Å². The van der Waals surface area contributed by atoms with E-state index in [1.54, 1.807) is 12.1 Å². The Balaban J connectivity index is 2.29. The molecule has 92 valence electrons. The molecule has 1 aromatic carbocycles. The Morgan fingerprint density at radius 2 is 2.06 bits per heavy atom. The van der Waals surface area contributed by atoms with Gasteiger partial charge < -0.3 is 0 Å². The van der Waals surface area contributed by atoms with Gasteiger partial charge >= 0.3 is 5.51 Å². The van der Waals surface area contributed by atoms with Crippen LogP contribution in [0.3, 0.4) is 0 Å². The smallest absolute Gasteiger partial charge is 0.160 e. The molecule has 1 unspecified atom stereocenters. The lowest BCUT2D eigenvalue weighted by atomic mass is 9.99. The average Bonchev–Trinajstić information content (AvgIpc) is 2.60. The molecule has 0 aliphatic heterocycles. The van der Waals surface area contributed by atoms with Crippen LogP contribution < -0.4 is 0 Å². The molecule has 2 rings (SSSR count). The molecule has 0 N–H and O–H groups in total. The topological polar surface area (TPSA) is 0 Å². The zero-order valence-corrected chi connectivity index (χ0v) is 10.3. The summed E-state index contributed by atoms with van der Waals surface area (Å²) in [7, 11) is 0. The molecule has 1 aliphatic carbocycles. The van der Waals surface area contributed by atoms with E-state index in [2.05, 4.69) is 6.58 Å². The van der Waals surface area contributed by atoms with Crippen LogP contribution in [0.2, 0.25) is 0 Å². The second-order valence-electron chi connectivity index (χ2n) is 4.39. The molecule has 0 heterocycles. The summed E-state index contributed by atoms with van der Waals surface area (Å²) >= 11 is -0.00980. The van der Waals surface area contributed by atoms with Crippen molar-refractivity contribution < 1.29 is 13.2 Å². The van der Waals surface area contributed by atoms with Crippen LogP contribution in [0, 0.1) is 5.92 Å². The monoisotopic (exact) mass is 258 g/mol. The molecule has 0 saturated carbocycles. The number of hydrogen-bond donors (Lipinski definition) is 0. The fourth-order valence-electron chi connectivity index (χ4n) is 2.19. The van der Waals surface area contributed by atoms with Gasteiger partial charge in [0.25, 0.3) is 0 Å². The highest BCUT2D eigenvalue weighted by Crippen LogP contribution is 2.43. The molecule has 1 atom stereocenters. The predicted molar refractivity (Wildman–Crippen MR) is 64.1 cm³/mol. The number of alkyl halides is 3. The molecule has 4 heteroatoms. The normalized spacial score (nSPS) is 19.2. The molecule has 17 heavy (non-hydrogen) atoms. The molecule has 0 bridgehead atoms. The van der Waals surface area contributed by atoms with Gasteiger partial charge in [-0.05, 0) is 54.6 Å². The van der Waals surface area contributed by atoms with Gasteiger partial charge in [-0.25, -0.2) is 0 Å². The lowest BCUT2D eigenvalue weighted by Crippen LogP contribution is -2.02. The summed E-state index contributed by atoms with van der Waals surface area (Å²) in [5.74, 6) is 0.292. The van der Waals surface area contributed by atoms with Crippen molar-refractivity contribution in [3.63, 3.8) is 0 Å². The zero-order valence-electron chi connectivity index (χ0n) is 9.47. The quantitative estimate of drug-likeness (QED) is 0.552. The molecule has 1 aromatic rings. The van der Waals surface area contributed by atoms with Gasteiger partial charge in [0.2, 0.25) is 0 Å². The van der Waals surface area contributed by atoms with E-state index in [-0.39, 0.29) is 11.8 Å². The molecule has 0 amide bonds. The van der Waals surface area contributed by atoms with Gasteiger partial charge in [-0.3, -0.25) is 0 Å². The Hall–Kier alpha value is -0.900. The van der Waals surface area contributed by atoms with Gasteiger partial charge in [-0.1, -0.05) is 24.3 Å². The number of benzene rings is 1. The Morgan fingerprint density at radius 1 is 1.35 bits per heavy atom. The summed E-state index contributed by atoms with van der Waals surface area (Å²) in [4.78, 5) is 0.346. The van der Waals surface area contributed by atoms with E-state index < -0.39 is 5.51 Å². The molecule has 0 spiro atoms. The van der Waals surface area contributed by atoms with Crippen LogP contribution in [0.5, 0.6) is 0 Å². The zero-order chi connectivity index (χ0) is 12.6. The first-order chi connectivity index (χ1) is 7.87. The van der Waals surface area contributed by atoms with Gasteiger partial charge in [-0.15, -0.1) is 0 Å². The van der Waals surface area contributed by atoms with Crippen molar-refractivity contribution in [2.45, 2.75) is 30.2 Å². The summed E-state index contributed by atoms with van der Waals surface area (Å²) in [5, 5.41) is 0. The lowest BCUT2D eigenvalue weighted by molar-refractivity contribution is -0.0328. The minimum Gasteiger partial charge on any atom is -0.160 e. The van der Waals surface area contributed by atoms with E-state index in [1.807, 2.05) is 13.0 Å². The van der Waals surface area contributed by atoms with Crippen molar-refractivity contribution in [3.05, 3.63) is 41.5 Å². The summed E-state index contributed by atoms with van der Waals surface area (Å²) < 4.78 is 37.2. The largest absolute Gasteiger partial charge is 0.446 e. The maximum atomic E-state index is 12.4. The molecule has 0 radical (unpaired) electrons. The summed E-state index contributed by atoms with van der Waals surface area (Å²) in [6, 6.07) is 5.17. The summed E-state index contributed by atoms with van der Waals surface area (Å²) in [6.07, 6.45) is 1.50. The Kier molecular flexibility index (Phi) is 3.25. The van der Waals surface area contributed by atoms with Crippen molar-refractivity contribution in [1.82, 2.24) is 0 Å². The molecule has 0 nitrogen and oxygen atoms in total. The van der Waals surface area contributed by atoms with Gasteiger partial charge in [-0.2, -0.15) is 13.2 Å². The lowest BCUT2D eigenvalue weighted by Gasteiger charge is -2.10. The number of rotatable bonds is 2. The minimum absolute atomic E-state index is 0.00980. The van der Waals surface area contributed by atoms with Crippen molar-refractivity contribution in [1.29, 1.82) is 0 Å². The van der Waals surface area contributed by atoms with Crippen LogP contribution in [0.15, 0.2) is 35.2 Å². The van der Waals surface area contributed by atoms with Crippen LogP contribution in [-0.2, 0) is 12.8 Å². The fourth-order valence-corrected chi connectivity index (χ4v) is 2.92. The Labute approximate surface area is 103 Å². The van der Waals surface area contributed by atoms with Crippen molar-refractivity contribution in [2.24, 2.45) is 5.92 Å². The van der Waals surface area contributed by atoms with Crippen LogP contribution in [0.4, 0.5) is 13.2 Å². The van der Waals surface area contributed by atoms with E-state index in [1.165, 1.54) is 0 Å². The number of allylic oxidation sites excluding steroid dienone is 1. The van der Waals surface area contributed by atoms with Gasteiger partial charge in [0.15, 0.2) is 0 Å². The second-order valence-corrected chi connectivity index (χ2v) is 5.50. The maximum absolute atomic E-state index is 12.4. The molecule has 1 aliphatic rings. The number of hydrogen-bond acceptors (Lipinski definition) is 1. The van der Waals surface area contributed by atoms with E-state index in [9.17, 15) is 13.2 Å². The third kappa shape index (κ3) is 2.86. The summed E-state index contributed by atoms with van der Waals surface area (Å²) in [6.45, 7) is 5.83. The molecular formula is C13H13F3S. The highest BCUT2D eigenvalue weighted by molar-refractivity contribution is 8.00.